The quantitative estimate of drug-likeness (QED) is 0.127. The van der Waals surface area contributed by atoms with Crippen molar-refractivity contribution in [3.05, 3.63) is 35.9 Å². The van der Waals surface area contributed by atoms with Crippen LogP contribution in [0, 0.1) is 11.3 Å². The summed E-state index contributed by atoms with van der Waals surface area (Å²) in [5.74, 6) is -6.14. The van der Waals surface area contributed by atoms with Crippen molar-refractivity contribution in [1.29, 1.82) is 0 Å². The van der Waals surface area contributed by atoms with E-state index >= 15 is 0 Å². The van der Waals surface area contributed by atoms with Gasteiger partial charge in [-0.25, -0.2) is 9.59 Å². The normalized spacial score (nSPS) is 16.7. The molecule has 0 aromatic heterocycles. The van der Waals surface area contributed by atoms with E-state index in [1.807, 2.05) is 54.0 Å². The number of carbonyl (C=O) groups excluding carboxylic acids is 4. The molecular weight excluding hydrogens is 734 g/mol. The van der Waals surface area contributed by atoms with Gasteiger partial charge in [0.05, 0.1) is 6.04 Å². The van der Waals surface area contributed by atoms with Gasteiger partial charge < -0.3 is 42.1 Å². The highest BCUT2D eigenvalue weighted by atomic mass is 19.4. The number of nitrogens with two attached hydrogens (primary N) is 2. The third-order valence-corrected chi connectivity index (χ3v) is 8.66. The van der Waals surface area contributed by atoms with Crippen LogP contribution in [0.2, 0.25) is 0 Å². The van der Waals surface area contributed by atoms with E-state index in [1.54, 1.807) is 6.92 Å². The Morgan fingerprint density at radius 2 is 1.30 bits per heavy atom. The van der Waals surface area contributed by atoms with E-state index in [-0.39, 0.29) is 29.1 Å². The lowest BCUT2D eigenvalue weighted by Crippen LogP contribution is -2.63. The molecule has 1 aromatic rings. The number of amides is 4. The topological polar surface area (TPSA) is 225 Å². The van der Waals surface area contributed by atoms with E-state index in [0.717, 1.165) is 37.9 Å². The molecule has 306 valence electrons. The minimum atomic E-state index is -5.08. The Labute approximate surface area is 308 Å². The van der Waals surface area contributed by atoms with Crippen molar-refractivity contribution in [2.24, 2.45) is 22.8 Å². The molecule has 0 aliphatic carbocycles. The number of carboxylic acids is 2. The predicted octanol–water partition coefficient (Wildman–Crippen LogP) is 2.44. The van der Waals surface area contributed by atoms with Gasteiger partial charge in [-0.15, -0.1) is 0 Å². The molecular formula is C34H50F6N6O8. The lowest BCUT2D eigenvalue weighted by atomic mass is 9.72. The van der Waals surface area contributed by atoms with Gasteiger partial charge in [0.1, 0.15) is 12.1 Å². The molecule has 14 nitrogen and oxygen atoms in total. The molecule has 20 heteroatoms. The zero-order valence-electron chi connectivity index (χ0n) is 30.3. The molecule has 0 saturated carbocycles. The Bertz CT molecular complexity index is 1370. The van der Waals surface area contributed by atoms with Crippen molar-refractivity contribution in [3.8, 4) is 0 Å². The molecule has 2 aliphatic rings. The highest BCUT2D eigenvalue weighted by molar-refractivity contribution is 5.93. The Hall–Kier alpha value is -4.46. The van der Waals surface area contributed by atoms with Gasteiger partial charge in [0, 0.05) is 38.5 Å². The fraction of sp³-hybridized carbons (Fsp3) is 0.647. The van der Waals surface area contributed by atoms with Crippen LogP contribution in [0.25, 0.3) is 0 Å². The number of likely N-dealkylation sites (tertiary alicyclic amines) is 2. The summed E-state index contributed by atoms with van der Waals surface area (Å²) in [5.41, 5.74) is 12.9. The first-order valence-corrected chi connectivity index (χ1v) is 17.2. The molecule has 2 saturated heterocycles. The first kappa shape index (κ1) is 47.6. The van der Waals surface area contributed by atoms with Gasteiger partial charge in [-0.05, 0) is 63.0 Å². The fourth-order valence-electron chi connectivity index (χ4n) is 5.69. The number of hydrogen-bond donors (Lipinski definition) is 6. The lowest BCUT2D eigenvalue weighted by Gasteiger charge is -2.54. The minimum absolute atomic E-state index is 0.0934. The number of unbranched alkanes of at least 4 members (excludes halogenated alkanes) is 1. The van der Waals surface area contributed by atoms with E-state index in [9.17, 15) is 45.5 Å². The molecule has 2 heterocycles. The number of benzene rings is 1. The van der Waals surface area contributed by atoms with Crippen LogP contribution >= 0.6 is 0 Å². The molecule has 1 spiro atoms. The Morgan fingerprint density at radius 3 is 1.72 bits per heavy atom. The van der Waals surface area contributed by atoms with Crippen molar-refractivity contribution in [3.63, 3.8) is 0 Å². The van der Waals surface area contributed by atoms with Crippen LogP contribution < -0.4 is 22.1 Å². The molecule has 0 bridgehead atoms. The number of nitrogens with one attached hydrogen (secondary N) is 2. The molecule has 3 rings (SSSR count). The van der Waals surface area contributed by atoms with Gasteiger partial charge in [-0.2, -0.15) is 26.3 Å². The zero-order valence-corrected chi connectivity index (χ0v) is 30.3. The Morgan fingerprint density at radius 1 is 0.815 bits per heavy atom. The Balaban J connectivity index is 0.000000879. The second-order valence-electron chi connectivity index (χ2n) is 13.6. The molecule has 8 N–H and O–H groups in total. The number of aliphatic carboxylic acids is 2. The van der Waals surface area contributed by atoms with Crippen LogP contribution in [0.4, 0.5) is 26.3 Å². The SMILES string of the molecule is CC(=O)N1CC2(CCN(C(=O)[C@@H](CCCCN)NC(=O)[C@@H](CC(C)C)NC(=O)[C@H](N)Cc3ccccc3)CC2)C1.O=C(O)C(F)(F)F.O=C(O)C(F)(F)F. The number of halogens is 6. The monoisotopic (exact) mass is 784 g/mol. The van der Waals surface area contributed by atoms with Crippen LogP contribution in [-0.4, -0.2) is 119 Å². The third-order valence-electron chi connectivity index (χ3n) is 8.66. The Kier molecular flexibility index (Phi) is 18.9. The number of rotatable bonds is 13. The molecule has 2 aliphatic heterocycles. The largest absolute Gasteiger partial charge is 0.490 e. The van der Waals surface area contributed by atoms with Gasteiger partial charge in [0.2, 0.25) is 23.6 Å². The lowest BCUT2D eigenvalue weighted by molar-refractivity contribution is -0.193. The van der Waals surface area contributed by atoms with Crippen molar-refractivity contribution in [2.45, 2.75) is 96.2 Å². The standard InChI is InChI=1S/C30H48N6O4.2C2HF3O2/c1-21(2)17-26(34-27(38)24(32)18-23-9-5-4-6-10-23)28(39)33-25(11-7-8-14-31)29(40)35-15-12-30(13-16-35)19-36(20-30)22(3)37;2*3-2(4,5)1(6)7/h4-6,9-10,21,24-26H,7-8,11-20,31-32H2,1-3H3,(H,33,39)(H,34,38);2*(H,6,7)/t24-,25-,26-;;/m1../s1. The van der Waals surface area contributed by atoms with E-state index < -0.39 is 48.3 Å². The fourth-order valence-corrected chi connectivity index (χ4v) is 5.69. The molecule has 0 unspecified atom stereocenters. The van der Waals surface area contributed by atoms with Crippen LogP contribution in [-0.2, 0) is 35.2 Å². The first-order chi connectivity index (χ1) is 24.9. The highest BCUT2D eigenvalue weighted by Gasteiger charge is 2.47. The summed E-state index contributed by atoms with van der Waals surface area (Å²) in [4.78, 5) is 73.1. The summed E-state index contributed by atoms with van der Waals surface area (Å²) in [5, 5.41) is 20.1. The van der Waals surface area contributed by atoms with Crippen molar-refractivity contribution in [2.75, 3.05) is 32.7 Å². The maximum Gasteiger partial charge on any atom is 0.490 e. The van der Waals surface area contributed by atoms with Crippen LogP contribution in [0.5, 0.6) is 0 Å². The molecule has 2 fully saturated rings. The number of piperidine rings is 1. The smallest absolute Gasteiger partial charge is 0.475 e. The number of carboxylic acid groups (broad SMARTS) is 2. The minimum Gasteiger partial charge on any atom is -0.475 e. The second-order valence-corrected chi connectivity index (χ2v) is 13.6. The van der Waals surface area contributed by atoms with Crippen LogP contribution in [0.15, 0.2) is 30.3 Å². The van der Waals surface area contributed by atoms with E-state index in [4.69, 9.17) is 31.3 Å². The summed E-state index contributed by atoms with van der Waals surface area (Å²) < 4.78 is 63.5. The maximum absolute atomic E-state index is 13.6. The third kappa shape index (κ3) is 16.7. The van der Waals surface area contributed by atoms with Crippen LogP contribution in [0.1, 0.15) is 64.9 Å². The van der Waals surface area contributed by atoms with Crippen LogP contribution in [0.3, 0.4) is 0 Å². The number of nitrogens with zero attached hydrogens (tertiary/aromatic N) is 2. The first-order valence-electron chi connectivity index (χ1n) is 17.2. The zero-order chi connectivity index (χ0) is 41.4. The van der Waals surface area contributed by atoms with Gasteiger partial charge in [-0.3, -0.25) is 19.2 Å². The highest BCUT2D eigenvalue weighted by Crippen LogP contribution is 2.40. The average Bonchev–Trinajstić information content (AvgIpc) is 3.06. The van der Waals surface area contributed by atoms with Gasteiger partial charge in [0.15, 0.2) is 0 Å². The molecule has 54 heavy (non-hydrogen) atoms. The van der Waals surface area contributed by atoms with Gasteiger partial charge >= 0.3 is 24.3 Å². The predicted molar refractivity (Wildman–Crippen MR) is 182 cm³/mol. The summed E-state index contributed by atoms with van der Waals surface area (Å²) >= 11 is 0. The van der Waals surface area contributed by atoms with E-state index in [0.29, 0.717) is 45.3 Å². The summed E-state index contributed by atoms with van der Waals surface area (Å²) in [7, 11) is 0. The van der Waals surface area contributed by atoms with Crippen molar-refractivity contribution in [1.82, 2.24) is 20.4 Å². The van der Waals surface area contributed by atoms with Crippen molar-refractivity contribution < 1.29 is 65.3 Å². The summed E-state index contributed by atoms with van der Waals surface area (Å²) in [6, 6.07) is 7.24. The molecule has 1 aromatic carbocycles. The number of hydrogen-bond acceptors (Lipinski definition) is 8. The van der Waals surface area contributed by atoms with Gasteiger partial charge in [0.25, 0.3) is 0 Å². The number of alkyl halides is 6. The second kappa shape index (κ2) is 21.4. The average molecular weight is 785 g/mol. The molecule has 4 amide bonds. The van der Waals surface area contributed by atoms with E-state index in [1.165, 1.54) is 0 Å². The molecule has 0 radical (unpaired) electrons. The summed E-state index contributed by atoms with van der Waals surface area (Å²) in [6.45, 7) is 8.79. The molecule has 3 atom stereocenters. The maximum atomic E-state index is 13.6. The van der Waals surface area contributed by atoms with Gasteiger partial charge in [-0.1, -0.05) is 44.2 Å². The number of carbonyl (C=O) groups is 6. The summed E-state index contributed by atoms with van der Waals surface area (Å²) in [6.07, 6.45) is -5.74. The van der Waals surface area contributed by atoms with E-state index in [2.05, 4.69) is 10.6 Å². The van der Waals surface area contributed by atoms with Crippen molar-refractivity contribution >= 4 is 35.6 Å².